The van der Waals surface area contributed by atoms with Crippen LogP contribution >= 0.6 is 0 Å². The molecule has 4 rings (SSSR count). The Bertz CT molecular complexity index is 1120. The van der Waals surface area contributed by atoms with E-state index < -0.39 is 0 Å². The molecule has 1 aliphatic rings. The summed E-state index contributed by atoms with van der Waals surface area (Å²) in [5.74, 6) is 0.560. The monoisotopic (exact) mass is 572 g/mol. The van der Waals surface area contributed by atoms with Gasteiger partial charge in [-0.05, 0) is 20.8 Å². The molecule has 0 radical (unpaired) electrons. The summed E-state index contributed by atoms with van der Waals surface area (Å²) in [6, 6.07) is 17.6. The third-order valence-corrected chi connectivity index (χ3v) is 5.86. The number of hydrogen-bond acceptors (Lipinski definition) is 0. The van der Waals surface area contributed by atoms with Crippen molar-refractivity contribution in [2.45, 2.75) is 61.6 Å². The Balaban J connectivity index is 0.000000580. The van der Waals surface area contributed by atoms with E-state index in [1.807, 2.05) is 0 Å². The van der Waals surface area contributed by atoms with Crippen molar-refractivity contribution in [3.63, 3.8) is 0 Å². The minimum atomic E-state index is 0. The smallest absolute Gasteiger partial charge is 0.0398 e. The maximum absolute atomic E-state index is 3.36. The van der Waals surface area contributed by atoms with Gasteiger partial charge in [0, 0.05) is 0 Å². The van der Waals surface area contributed by atoms with Crippen molar-refractivity contribution in [2.75, 3.05) is 0 Å². The van der Waals surface area contributed by atoms with Gasteiger partial charge < -0.3 is 24.8 Å². The van der Waals surface area contributed by atoms with Crippen LogP contribution in [0.3, 0.4) is 0 Å². The molecule has 0 spiro atoms. The number of aryl methyl sites for hydroxylation is 3. The molecule has 1 atom stereocenters. The summed E-state index contributed by atoms with van der Waals surface area (Å²) in [5.41, 5.74) is 11.3. The van der Waals surface area contributed by atoms with E-state index in [-0.39, 0.29) is 30.2 Å². The van der Waals surface area contributed by atoms with E-state index in [9.17, 15) is 0 Å². The molecular formula is C29H36Cl2SiZr-2. The summed E-state index contributed by atoms with van der Waals surface area (Å²) < 4.78 is 0. The van der Waals surface area contributed by atoms with E-state index >= 15 is 0 Å². The van der Waals surface area contributed by atoms with Crippen LogP contribution in [-0.4, -0.2) is 5.43 Å². The average Bonchev–Trinajstić information content (AvgIpc) is 3.18. The first-order valence-corrected chi connectivity index (χ1v) is 17.2. The Kier molecular flexibility index (Phi) is 14.2. The number of halogens is 2. The summed E-state index contributed by atoms with van der Waals surface area (Å²) in [4.78, 5) is 0. The quantitative estimate of drug-likeness (QED) is 0.310. The molecule has 3 aromatic carbocycles. The fraction of sp³-hybridized carbons (Fsp3) is 0.345. The first kappa shape index (κ1) is 32.2. The van der Waals surface area contributed by atoms with Gasteiger partial charge in [0.1, 0.15) is 0 Å². The Morgan fingerprint density at radius 3 is 1.85 bits per heavy atom. The van der Waals surface area contributed by atoms with E-state index in [0.29, 0.717) is 5.92 Å². The molecule has 0 bridgehead atoms. The van der Waals surface area contributed by atoms with Gasteiger partial charge in [-0.1, -0.05) is 67.1 Å². The SMILES string of the molecule is CC1=[C-]C(C)C(C)=C1C.C[Si](C)=[Zr+2].Cc1cc(C)c(-c2c[cH-]c3ccccc23)c(C)c1.[Cl-].[Cl-]. The summed E-state index contributed by atoms with van der Waals surface area (Å²) in [5, 5.41) is 2.68. The van der Waals surface area contributed by atoms with Crippen molar-refractivity contribution in [2.24, 2.45) is 5.92 Å². The zero-order chi connectivity index (χ0) is 23.3. The normalized spacial score (nSPS) is 14.3. The van der Waals surface area contributed by atoms with E-state index in [4.69, 9.17) is 0 Å². The molecule has 4 heteroatoms. The zero-order valence-electron chi connectivity index (χ0n) is 21.5. The van der Waals surface area contributed by atoms with Crippen molar-refractivity contribution >= 4 is 16.2 Å². The van der Waals surface area contributed by atoms with Gasteiger partial charge in [-0.2, -0.15) is 11.1 Å². The number of benzene rings is 2. The zero-order valence-corrected chi connectivity index (χ0v) is 26.4. The molecule has 1 unspecified atom stereocenters. The number of fused-ring (bicyclic) bond motifs is 1. The molecule has 0 saturated carbocycles. The molecule has 0 amide bonds. The van der Waals surface area contributed by atoms with Gasteiger partial charge in [-0.3, -0.25) is 6.08 Å². The van der Waals surface area contributed by atoms with E-state index in [1.165, 1.54) is 55.3 Å². The van der Waals surface area contributed by atoms with Gasteiger partial charge in [0.2, 0.25) is 0 Å². The van der Waals surface area contributed by atoms with Crippen molar-refractivity contribution < 1.29 is 48.1 Å². The Hall–Kier alpha value is -0.790. The van der Waals surface area contributed by atoms with Crippen molar-refractivity contribution in [3.05, 3.63) is 88.0 Å². The summed E-state index contributed by atoms with van der Waals surface area (Å²) in [6.45, 7) is 19.9. The predicted octanol–water partition coefficient (Wildman–Crippen LogP) is 2.67. The van der Waals surface area contributed by atoms with Crippen LogP contribution < -0.4 is 24.8 Å². The summed E-state index contributed by atoms with van der Waals surface area (Å²) >= 11 is 1.74. The van der Waals surface area contributed by atoms with Crippen molar-refractivity contribution in [1.29, 1.82) is 0 Å². The van der Waals surface area contributed by atoms with Gasteiger partial charge in [-0.15, -0.1) is 53.6 Å². The maximum Gasteiger partial charge on any atom is -0.0398 e. The second kappa shape index (κ2) is 14.6. The fourth-order valence-corrected chi connectivity index (χ4v) is 4.14. The standard InChI is InChI=1S/C18H17.C9H13.C2H6Si.2ClH.Zr/c1-12-10-13(2)18(14(3)11-12)17-9-8-15-6-4-5-7-16(15)17;1-6-5-7(2)9(4)8(6)3;1-3-2;;;/h4-11H,1-3H3;6H,1-4H3;1-2H3;2*1H;/q2*-1;;;;+2/p-2. The van der Waals surface area contributed by atoms with Gasteiger partial charge >= 0.3 is 41.9 Å². The Labute approximate surface area is 229 Å². The largest absolute Gasteiger partial charge is 1.00 e. The minimum absolute atomic E-state index is 0. The molecule has 1 aliphatic carbocycles. The molecule has 0 N–H and O–H groups in total. The third kappa shape index (κ3) is 8.74. The average molecular weight is 575 g/mol. The van der Waals surface area contributed by atoms with Gasteiger partial charge in [0.15, 0.2) is 0 Å². The number of hydrogen-bond donors (Lipinski definition) is 0. The van der Waals surface area contributed by atoms with Crippen LogP contribution in [0, 0.1) is 32.8 Å². The first-order valence-electron chi connectivity index (χ1n) is 11.0. The molecule has 0 saturated heterocycles. The number of rotatable bonds is 1. The first-order chi connectivity index (χ1) is 14.5. The molecule has 0 nitrogen and oxygen atoms in total. The molecule has 3 aromatic rings. The molecule has 0 heterocycles. The molecule has 0 aliphatic heterocycles. The topological polar surface area (TPSA) is 0 Å². The van der Waals surface area contributed by atoms with Crippen LogP contribution in [0.25, 0.3) is 21.9 Å². The van der Waals surface area contributed by atoms with E-state index in [0.717, 1.165) is 0 Å². The van der Waals surface area contributed by atoms with Crippen LogP contribution in [0.1, 0.15) is 44.4 Å². The Morgan fingerprint density at radius 2 is 1.42 bits per heavy atom. The molecule has 0 fully saturated rings. The summed E-state index contributed by atoms with van der Waals surface area (Å²) in [7, 11) is 0. The summed E-state index contributed by atoms with van der Waals surface area (Å²) in [6.07, 6.45) is 3.36. The second-order valence-electron chi connectivity index (χ2n) is 8.91. The maximum atomic E-state index is 3.36. The van der Waals surface area contributed by atoms with Crippen LogP contribution in [-0.2, 0) is 23.3 Å². The minimum Gasteiger partial charge on any atom is -1.00 e. The van der Waals surface area contributed by atoms with Crippen molar-refractivity contribution in [3.8, 4) is 11.1 Å². The third-order valence-electron chi connectivity index (χ3n) is 5.86. The fourth-order valence-electron chi connectivity index (χ4n) is 4.14. The molecular weight excluding hydrogens is 539 g/mol. The van der Waals surface area contributed by atoms with Gasteiger partial charge in [0.05, 0.1) is 0 Å². The van der Waals surface area contributed by atoms with E-state index in [1.54, 1.807) is 23.3 Å². The van der Waals surface area contributed by atoms with Gasteiger partial charge in [0.25, 0.3) is 0 Å². The molecule has 176 valence electrons. The molecule has 33 heavy (non-hydrogen) atoms. The van der Waals surface area contributed by atoms with Crippen LogP contribution in [0.4, 0.5) is 0 Å². The van der Waals surface area contributed by atoms with Crippen LogP contribution in [0.2, 0.25) is 13.1 Å². The van der Waals surface area contributed by atoms with Crippen molar-refractivity contribution in [1.82, 2.24) is 0 Å². The second-order valence-corrected chi connectivity index (χ2v) is 18.3. The van der Waals surface area contributed by atoms with Crippen LogP contribution in [0.15, 0.2) is 65.3 Å². The Morgan fingerprint density at radius 1 is 0.909 bits per heavy atom. The predicted molar refractivity (Wildman–Crippen MR) is 137 cm³/mol. The van der Waals surface area contributed by atoms with E-state index in [2.05, 4.69) is 116 Å². The van der Waals surface area contributed by atoms with Crippen LogP contribution in [0.5, 0.6) is 0 Å². The molecule has 0 aromatic heterocycles. The van der Waals surface area contributed by atoms with Gasteiger partial charge in [-0.25, -0.2) is 5.57 Å². The number of allylic oxidation sites excluding steroid dienone is 4.